The molecule has 0 bridgehead atoms. The van der Waals surface area contributed by atoms with Crippen molar-refractivity contribution in [1.82, 2.24) is 14.4 Å². The molecule has 0 unspecified atom stereocenters. The van der Waals surface area contributed by atoms with Crippen LogP contribution in [-0.4, -0.2) is 40.6 Å². The van der Waals surface area contributed by atoms with Gasteiger partial charge in [0.15, 0.2) is 0 Å². The van der Waals surface area contributed by atoms with Gasteiger partial charge in [0.25, 0.3) is 10.0 Å². The van der Waals surface area contributed by atoms with E-state index in [-0.39, 0.29) is 29.3 Å². The molecule has 1 aliphatic carbocycles. The molecule has 1 fully saturated rings. The second-order valence-corrected chi connectivity index (χ2v) is 11.2. The lowest BCUT2D eigenvalue weighted by Crippen LogP contribution is -2.46. The van der Waals surface area contributed by atoms with Crippen LogP contribution >= 0.6 is 22.9 Å². The minimum Gasteiger partial charge on any atom is -0.396 e. The highest BCUT2D eigenvalue weighted by molar-refractivity contribution is 7.91. The molecule has 7 nitrogen and oxygen atoms in total. The quantitative estimate of drug-likeness (QED) is 0.559. The van der Waals surface area contributed by atoms with Gasteiger partial charge in [0, 0.05) is 24.8 Å². The number of hydrogen-bond acceptors (Lipinski definition) is 7. The topological polar surface area (TPSA) is 96.5 Å². The van der Waals surface area contributed by atoms with Crippen molar-refractivity contribution in [3.63, 3.8) is 0 Å². The van der Waals surface area contributed by atoms with Crippen LogP contribution in [0.3, 0.4) is 0 Å². The van der Waals surface area contributed by atoms with Crippen molar-refractivity contribution >= 4 is 33.0 Å². The summed E-state index contributed by atoms with van der Waals surface area (Å²) in [5.74, 6) is 0.398. The number of aliphatic hydroxyl groups excluding tert-OH is 1. The summed E-state index contributed by atoms with van der Waals surface area (Å²) in [5, 5.41) is 13.7. The summed E-state index contributed by atoms with van der Waals surface area (Å²) in [7, 11) is -3.76. The van der Waals surface area contributed by atoms with Crippen LogP contribution in [0.2, 0.25) is 4.34 Å². The van der Waals surface area contributed by atoms with Gasteiger partial charge in [-0.05, 0) is 36.5 Å². The summed E-state index contributed by atoms with van der Waals surface area (Å²) in [4.78, 5) is 4.03. The van der Waals surface area contributed by atoms with Gasteiger partial charge in [-0.2, -0.15) is 9.29 Å². The van der Waals surface area contributed by atoms with Gasteiger partial charge in [-0.1, -0.05) is 53.9 Å². The molecule has 0 spiro atoms. The Labute approximate surface area is 184 Å². The summed E-state index contributed by atoms with van der Waals surface area (Å²) in [6.45, 7) is 0.185. The van der Waals surface area contributed by atoms with Crippen molar-refractivity contribution in [3.05, 3.63) is 52.7 Å². The Bertz CT molecular complexity index is 1070. The van der Waals surface area contributed by atoms with Gasteiger partial charge in [-0.15, -0.1) is 11.3 Å². The van der Waals surface area contributed by atoms with Crippen molar-refractivity contribution in [2.24, 2.45) is 5.92 Å². The van der Waals surface area contributed by atoms with E-state index < -0.39 is 10.0 Å². The molecule has 0 amide bonds. The molecule has 2 atom stereocenters. The Kier molecular flexibility index (Phi) is 6.54. The molecule has 2 heterocycles. The summed E-state index contributed by atoms with van der Waals surface area (Å²) in [5.41, 5.74) is 1.63. The van der Waals surface area contributed by atoms with E-state index in [4.69, 9.17) is 16.1 Å². The van der Waals surface area contributed by atoms with E-state index in [0.717, 1.165) is 48.1 Å². The predicted octanol–water partition coefficient (Wildman–Crippen LogP) is 4.19. The van der Waals surface area contributed by atoms with Gasteiger partial charge in [-0.3, -0.25) is 0 Å². The molecule has 0 saturated heterocycles. The fourth-order valence-electron chi connectivity index (χ4n) is 3.95. The van der Waals surface area contributed by atoms with E-state index >= 15 is 0 Å². The maximum Gasteiger partial charge on any atom is 0.253 e. The molecule has 1 saturated carbocycles. The highest BCUT2D eigenvalue weighted by Crippen LogP contribution is 2.36. The van der Waals surface area contributed by atoms with Crippen LogP contribution in [0.25, 0.3) is 11.4 Å². The second-order valence-electron chi connectivity index (χ2n) is 7.35. The average molecular weight is 468 g/mol. The van der Waals surface area contributed by atoms with E-state index in [9.17, 15) is 13.5 Å². The summed E-state index contributed by atoms with van der Waals surface area (Å²) < 4.78 is 34.0. The number of benzene rings is 1. The van der Waals surface area contributed by atoms with Crippen molar-refractivity contribution in [3.8, 4) is 11.4 Å². The maximum atomic E-state index is 13.5. The molecule has 1 N–H and O–H groups in total. The number of aliphatic hydroxyl groups is 1. The van der Waals surface area contributed by atoms with Crippen LogP contribution in [0, 0.1) is 5.92 Å². The molecule has 3 aromatic rings. The van der Waals surface area contributed by atoms with E-state index in [1.807, 2.05) is 24.3 Å². The normalized spacial score (nSPS) is 20.0. The molecule has 10 heteroatoms. The zero-order chi connectivity index (χ0) is 21.1. The molecule has 2 aromatic heterocycles. The second kappa shape index (κ2) is 9.15. The van der Waals surface area contributed by atoms with E-state index in [1.54, 1.807) is 16.4 Å². The first-order chi connectivity index (χ1) is 14.5. The predicted molar refractivity (Wildman–Crippen MR) is 115 cm³/mol. The Hall–Kier alpha value is -1.78. The zero-order valence-electron chi connectivity index (χ0n) is 16.1. The average Bonchev–Trinajstić information content (AvgIpc) is 3.45. The Morgan fingerprint density at radius 2 is 1.93 bits per heavy atom. The number of thiophene rings is 1. The molecule has 160 valence electrons. The molecule has 1 aromatic carbocycles. The highest BCUT2D eigenvalue weighted by atomic mass is 35.5. The molecule has 30 heavy (non-hydrogen) atoms. The van der Waals surface area contributed by atoms with Crippen LogP contribution in [0.5, 0.6) is 0 Å². The van der Waals surface area contributed by atoms with Gasteiger partial charge in [0.05, 0.1) is 4.34 Å². The standard InChI is InChI=1S/C20H22ClN3O4S2/c21-18-9-10-19(29-18)30(26,27)24(17-4-2-1-3-16(17)12-25)11-14-5-7-15(8-6-14)20-22-13-28-23-20/h5-10,13,16-17,25H,1-4,11-12H2/t16-,17+/m0/s1. The van der Waals surface area contributed by atoms with Gasteiger partial charge in [-0.25, -0.2) is 8.42 Å². The third-order valence-electron chi connectivity index (χ3n) is 5.50. The largest absolute Gasteiger partial charge is 0.396 e. The molecule has 4 rings (SSSR count). The lowest BCUT2D eigenvalue weighted by atomic mass is 9.85. The number of sulfonamides is 1. The van der Waals surface area contributed by atoms with Crippen LogP contribution in [0.1, 0.15) is 31.2 Å². The highest BCUT2D eigenvalue weighted by Gasteiger charge is 2.38. The van der Waals surface area contributed by atoms with E-state index in [1.165, 1.54) is 6.39 Å². The van der Waals surface area contributed by atoms with Crippen molar-refractivity contribution in [2.45, 2.75) is 42.5 Å². The summed E-state index contributed by atoms with van der Waals surface area (Å²) in [6, 6.07) is 10.3. The Morgan fingerprint density at radius 3 is 2.57 bits per heavy atom. The minimum atomic E-state index is -3.76. The number of rotatable bonds is 7. The monoisotopic (exact) mass is 467 g/mol. The van der Waals surface area contributed by atoms with Gasteiger partial charge in [0.2, 0.25) is 12.2 Å². The van der Waals surface area contributed by atoms with Gasteiger partial charge in [0.1, 0.15) is 4.21 Å². The molecule has 1 aliphatic rings. The number of aromatic nitrogens is 2. The Balaban J connectivity index is 1.66. The third-order valence-corrected chi connectivity index (χ3v) is 9.07. The first-order valence-corrected chi connectivity index (χ1v) is 12.4. The van der Waals surface area contributed by atoms with Crippen LogP contribution < -0.4 is 0 Å². The smallest absolute Gasteiger partial charge is 0.253 e. The first kappa shape index (κ1) is 21.5. The lowest BCUT2D eigenvalue weighted by Gasteiger charge is -2.38. The van der Waals surface area contributed by atoms with Gasteiger partial charge < -0.3 is 9.63 Å². The van der Waals surface area contributed by atoms with Crippen molar-refractivity contribution < 1.29 is 18.0 Å². The number of nitrogens with zero attached hydrogens (tertiary/aromatic N) is 3. The van der Waals surface area contributed by atoms with E-state index in [0.29, 0.717) is 10.2 Å². The van der Waals surface area contributed by atoms with Crippen LogP contribution in [0.4, 0.5) is 0 Å². The Morgan fingerprint density at radius 1 is 1.17 bits per heavy atom. The molecular formula is C20H22ClN3O4S2. The van der Waals surface area contributed by atoms with E-state index in [2.05, 4.69) is 10.1 Å². The molecule has 0 aliphatic heterocycles. The summed E-state index contributed by atoms with van der Waals surface area (Å²) in [6.07, 6.45) is 4.75. The fourth-order valence-corrected chi connectivity index (χ4v) is 7.27. The van der Waals surface area contributed by atoms with Gasteiger partial charge >= 0.3 is 0 Å². The van der Waals surface area contributed by atoms with Crippen LogP contribution in [0.15, 0.2) is 51.5 Å². The lowest BCUT2D eigenvalue weighted by molar-refractivity contribution is 0.109. The summed E-state index contributed by atoms with van der Waals surface area (Å²) >= 11 is 7.07. The van der Waals surface area contributed by atoms with Crippen molar-refractivity contribution in [1.29, 1.82) is 0 Å². The first-order valence-electron chi connectivity index (χ1n) is 9.73. The minimum absolute atomic E-state index is 0.0291. The SMILES string of the molecule is O=S(=O)(c1ccc(Cl)s1)N(Cc1ccc(-c2ncon2)cc1)[C@@H]1CCCC[C@H]1CO. The fraction of sp³-hybridized carbons (Fsp3) is 0.400. The number of halogens is 1. The maximum absolute atomic E-state index is 13.5. The number of hydrogen-bond donors (Lipinski definition) is 1. The molecular weight excluding hydrogens is 446 g/mol. The van der Waals surface area contributed by atoms with Crippen LogP contribution in [-0.2, 0) is 16.6 Å². The zero-order valence-corrected chi connectivity index (χ0v) is 18.5. The molecule has 0 radical (unpaired) electrons. The van der Waals surface area contributed by atoms with Crippen molar-refractivity contribution in [2.75, 3.05) is 6.61 Å². The third kappa shape index (κ3) is 4.45.